The predicted molar refractivity (Wildman–Crippen MR) is 125 cm³/mol. The maximum absolute atomic E-state index is 5.61. The number of guanidine groups is 1. The van der Waals surface area contributed by atoms with Crippen LogP contribution in [0.25, 0.3) is 0 Å². The van der Waals surface area contributed by atoms with E-state index in [9.17, 15) is 0 Å². The fraction of sp³-hybridized carbons (Fsp3) is 0.810. The maximum Gasteiger partial charge on any atom is 0.191 e. The first-order valence-electron chi connectivity index (χ1n) is 10.6. The third kappa shape index (κ3) is 7.54. The molecule has 0 aliphatic heterocycles. The van der Waals surface area contributed by atoms with E-state index in [1.165, 1.54) is 25.7 Å². The van der Waals surface area contributed by atoms with Crippen LogP contribution in [0.5, 0.6) is 0 Å². The van der Waals surface area contributed by atoms with Crippen molar-refractivity contribution in [1.29, 1.82) is 0 Å². The molecule has 0 saturated heterocycles. The molecule has 162 valence electrons. The van der Waals surface area contributed by atoms with E-state index < -0.39 is 0 Å². The highest BCUT2D eigenvalue weighted by molar-refractivity contribution is 14.0. The maximum atomic E-state index is 5.61. The molecule has 0 amide bonds. The average Bonchev–Trinajstić information content (AvgIpc) is 3.34. The van der Waals surface area contributed by atoms with Crippen LogP contribution in [0.2, 0.25) is 0 Å². The van der Waals surface area contributed by atoms with Crippen LogP contribution >= 0.6 is 24.0 Å². The zero-order valence-corrected chi connectivity index (χ0v) is 20.4. The van der Waals surface area contributed by atoms with Gasteiger partial charge in [0, 0.05) is 38.8 Å². The Morgan fingerprint density at radius 3 is 2.57 bits per heavy atom. The highest BCUT2D eigenvalue weighted by Gasteiger charge is 2.33. The number of nitrogens with zero attached hydrogens (tertiary/aromatic N) is 2. The van der Waals surface area contributed by atoms with Crippen LogP contribution in [0, 0.1) is 5.41 Å². The summed E-state index contributed by atoms with van der Waals surface area (Å²) in [5.41, 5.74) is 1.39. The first-order valence-corrected chi connectivity index (χ1v) is 10.6. The summed E-state index contributed by atoms with van der Waals surface area (Å²) in [5, 5.41) is 11.1. The summed E-state index contributed by atoms with van der Waals surface area (Å²) in [6.07, 6.45) is 8.46. The van der Waals surface area contributed by atoms with Crippen LogP contribution in [0.1, 0.15) is 83.1 Å². The molecule has 1 saturated carbocycles. The molecule has 0 bridgehead atoms. The number of hydrogen-bond donors (Lipinski definition) is 2. The fourth-order valence-corrected chi connectivity index (χ4v) is 4.05. The molecular formula is C21H39IN4O2. The molecule has 1 aliphatic carbocycles. The van der Waals surface area contributed by atoms with Crippen LogP contribution in [-0.2, 0) is 11.3 Å². The number of ether oxygens (including phenoxy) is 1. The van der Waals surface area contributed by atoms with Gasteiger partial charge in [0.1, 0.15) is 0 Å². The van der Waals surface area contributed by atoms with Crippen LogP contribution < -0.4 is 10.6 Å². The Morgan fingerprint density at radius 1 is 1.25 bits per heavy atom. The Labute approximate surface area is 187 Å². The lowest BCUT2D eigenvalue weighted by molar-refractivity contribution is 0.105. The van der Waals surface area contributed by atoms with Gasteiger partial charge in [-0.3, -0.25) is 4.99 Å². The van der Waals surface area contributed by atoms with E-state index in [0.717, 1.165) is 56.4 Å². The van der Waals surface area contributed by atoms with E-state index >= 15 is 0 Å². The zero-order chi connectivity index (χ0) is 19.5. The van der Waals surface area contributed by atoms with Crippen LogP contribution in [0.3, 0.4) is 0 Å². The van der Waals surface area contributed by atoms with E-state index in [1.54, 1.807) is 0 Å². The third-order valence-corrected chi connectivity index (χ3v) is 5.91. The topological polar surface area (TPSA) is 71.7 Å². The first kappa shape index (κ1) is 25.2. The van der Waals surface area contributed by atoms with Crippen LogP contribution in [-0.4, -0.2) is 37.9 Å². The van der Waals surface area contributed by atoms with Crippen molar-refractivity contribution >= 4 is 29.9 Å². The second kappa shape index (κ2) is 13.4. The normalized spacial score (nSPS) is 16.2. The standard InChI is InChI=1S/C21H38N4O2.HI/c1-5-17(6-2)19-14-18(27-25-19)15-23-20(22-4)24-16-21(10-8-9-11-21)12-13-26-7-3;/h14,17H,5-13,15-16H2,1-4H3,(H2,22,23,24);1H. The lowest BCUT2D eigenvalue weighted by atomic mass is 9.83. The van der Waals surface area contributed by atoms with Crippen molar-refractivity contribution in [1.82, 2.24) is 15.8 Å². The monoisotopic (exact) mass is 506 g/mol. The van der Waals surface area contributed by atoms with Crippen molar-refractivity contribution in [2.24, 2.45) is 10.4 Å². The van der Waals surface area contributed by atoms with E-state index in [4.69, 9.17) is 9.26 Å². The molecule has 2 N–H and O–H groups in total. The Balaban J connectivity index is 0.00000392. The van der Waals surface area contributed by atoms with Crippen molar-refractivity contribution in [3.8, 4) is 0 Å². The summed E-state index contributed by atoms with van der Waals surface area (Å²) in [5.74, 6) is 2.15. The van der Waals surface area contributed by atoms with Gasteiger partial charge in [0.05, 0.1) is 12.2 Å². The molecule has 1 fully saturated rings. The molecule has 1 aromatic heterocycles. The Kier molecular flexibility index (Phi) is 12.1. The summed E-state index contributed by atoms with van der Waals surface area (Å²) in [4.78, 5) is 4.37. The molecule has 2 rings (SSSR count). The van der Waals surface area contributed by atoms with Crippen LogP contribution in [0.4, 0.5) is 0 Å². The van der Waals surface area contributed by atoms with Gasteiger partial charge in [-0.05, 0) is 44.4 Å². The van der Waals surface area contributed by atoms with Gasteiger partial charge >= 0.3 is 0 Å². The SMILES string of the molecule is CCOCCC1(CNC(=NC)NCc2cc(C(CC)CC)no2)CCCC1.I. The summed E-state index contributed by atoms with van der Waals surface area (Å²) >= 11 is 0. The summed E-state index contributed by atoms with van der Waals surface area (Å²) < 4.78 is 11.1. The average molecular weight is 506 g/mol. The lowest BCUT2D eigenvalue weighted by Gasteiger charge is -2.30. The van der Waals surface area contributed by atoms with Gasteiger partial charge in [-0.2, -0.15) is 0 Å². The largest absolute Gasteiger partial charge is 0.382 e. The molecule has 1 heterocycles. The van der Waals surface area contributed by atoms with Crippen molar-refractivity contribution in [3.63, 3.8) is 0 Å². The van der Waals surface area contributed by atoms with Gasteiger partial charge in [0.15, 0.2) is 11.7 Å². The lowest BCUT2D eigenvalue weighted by Crippen LogP contribution is -2.43. The van der Waals surface area contributed by atoms with Gasteiger partial charge < -0.3 is 19.9 Å². The summed E-state index contributed by atoms with van der Waals surface area (Å²) in [7, 11) is 1.81. The van der Waals surface area contributed by atoms with Crippen molar-refractivity contribution in [3.05, 3.63) is 17.5 Å². The quantitative estimate of drug-likeness (QED) is 0.194. The number of hydrogen-bond acceptors (Lipinski definition) is 4. The number of aromatic nitrogens is 1. The Morgan fingerprint density at radius 2 is 1.96 bits per heavy atom. The van der Waals surface area contributed by atoms with Crippen molar-refractivity contribution in [2.45, 2.75) is 78.2 Å². The minimum absolute atomic E-state index is 0. The van der Waals surface area contributed by atoms with E-state index in [2.05, 4.69) is 47.6 Å². The molecule has 7 heteroatoms. The third-order valence-electron chi connectivity index (χ3n) is 5.91. The molecule has 1 aromatic rings. The summed E-state index contributed by atoms with van der Waals surface area (Å²) in [6.45, 7) is 9.62. The van der Waals surface area contributed by atoms with Gasteiger partial charge in [-0.1, -0.05) is 31.8 Å². The molecule has 1 aliphatic rings. The molecular weight excluding hydrogens is 467 g/mol. The molecule has 0 atom stereocenters. The zero-order valence-electron chi connectivity index (χ0n) is 18.1. The second-order valence-corrected chi connectivity index (χ2v) is 7.66. The van der Waals surface area contributed by atoms with Gasteiger partial charge in [0.2, 0.25) is 0 Å². The number of aliphatic imine (C=N–C) groups is 1. The molecule has 0 aromatic carbocycles. The number of rotatable bonds is 11. The van der Waals surface area contributed by atoms with Crippen molar-refractivity contribution < 1.29 is 9.26 Å². The fourth-order valence-electron chi connectivity index (χ4n) is 4.05. The van der Waals surface area contributed by atoms with E-state index in [0.29, 0.717) is 17.9 Å². The van der Waals surface area contributed by atoms with E-state index in [-0.39, 0.29) is 24.0 Å². The minimum atomic E-state index is 0. The summed E-state index contributed by atoms with van der Waals surface area (Å²) in [6, 6.07) is 2.07. The van der Waals surface area contributed by atoms with E-state index in [1.807, 2.05) is 7.05 Å². The number of nitrogens with one attached hydrogen (secondary N) is 2. The first-order chi connectivity index (χ1) is 13.2. The molecule has 28 heavy (non-hydrogen) atoms. The van der Waals surface area contributed by atoms with Gasteiger partial charge in [0.25, 0.3) is 0 Å². The number of halogens is 1. The Hall–Kier alpha value is -0.830. The minimum Gasteiger partial charge on any atom is -0.382 e. The molecule has 6 nitrogen and oxygen atoms in total. The van der Waals surface area contributed by atoms with Gasteiger partial charge in [-0.25, -0.2) is 0 Å². The smallest absolute Gasteiger partial charge is 0.191 e. The predicted octanol–water partition coefficient (Wildman–Crippen LogP) is 4.85. The van der Waals surface area contributed by atoms with Gasteiger partial charge in [-0.15, -0.1) is 24.0 Å². The molecule has 0 unspecified atom stereocenters. The molecule has 0 spiro atoms. The second-order valence-electron chi connectivity index (χ2n) is 7.66. The van der Waals surface area contributed by atoms with Crippen LogP contribution in [0.15, 0.2) is 15.6 Å². The van der Waals surface area contributed by atoms with Crippen molar-refractivity contribution in [2.75, 3.05) is 26.8 Å². The Bertz CT molecular complexity index is 567. The highest BCUT2D eigenvalue weighted by Crippen LogP contribution is 2.40. The molecule has 0 radical (unpaired) electrons. The highest BCUT2D eigenvalue weighted by atomic mass is 127.